The first-order valence-corrected chi connectivity index (χ1v) is 12.1. The Morgan fingerprint density at radius 1 is 1.24 bits per heavy atom. The fourth-order valence-electron chi connectivity index (χ4n) is 4.72. The highest BCUT2D eigenvalue weighted by Gasteiger charge is 2.30. The predicted molar refractivity (Wildman–Crippen MR) is 135 cm³/mol. The van der Waals surface area contributed by atoms with Gasteiger partial charge in [-0.2, -0.15) is 0 Å². The monoisotopic (exact) mass is 477 g/mol. The lowest BCUT2D eigenvalue weighted by Gasteiger charge is -2.23. The molecule has 0 unspecified atom stereocenters. The first kappa shape index (κ1) is 22.4. The number of thiophene rings is 1. The SMILES string of the molecule is CNC(=O)n1c(C)cc2cc(Nc3ccnc4cc(C(=O)N5CCC[C@H]5COC)sc34)ccc21. The number of rotatable bonds is 5. The molecule has 34 heavy (non-hydrogen) atoms. The molecule has 0 bridgehead atoms. The van der Waals surface area contributed by atoms with Crippen LogP contribution in [0.1, 0.15) is 28.2 Å². The standard InChI is InChI=1S/C25H27N5O3S/c1-15-11-16-12-17(6-7-21(16)30(15)25(32)26-2)28-19-8-9-27-20-13-22(34-23(19)20)24(31)29-10-4-5-18(29)14-33-3/h6-9,11-13,18H,4-5,10,14H2,1-3H3,(H,26,32)(H,27,28)/t18-/m0/s1. The number of ether oxygens (including phenoxy) is 1. The topological polar surface area (TPSA) is 88.5 Å². The number of carbonyl (C=O) groups excluding carboxylic acids is 2. The molecule has 1 aromatic carbocycles. The molecule has 1 atom stereocenters. The number of aromatic nitrogens is 2. The van der Waals surface area contributed by atoms with Gasteiger partial charge in [-0.1, -0.05) is 0 Å². The van der Waals surface area contributed by atoms with Crippen molar-refractivity contribution in [2.24, 2.45) is 0 Å². The molecule has 0 radical (unpaired) electrons. The smallest absolute Gasteiger partial charge is 0.325 e. The Hall–Kier alpha value is -3.43. The van der Waals surface area contributed by atoms with E-state index in [1.807, 2.05) is 48.2 Å². The van der Waals surface area contributed by atoms with Crippen molar-refractivity contribution in [3.63, 3.8) is 0 Å². The minimum absolute atomic E-state index is 0.0425. The molecule has 8 nitrogen and oxygen atoms in total. The van der Waals surface area contributed by atoms with E-state index in [4.69, 9.17) is 4.74 Å². The second-order valence-electron chi connectivity index (χ2n) is 8.51. The van der Waals surface area contributed by atoms with Crippen LogP contribution >= 0.6 is 11.3 Å². The molecule has 4 aromatic rings. The normalized spacial score (nSPS) is 15.9. The van der Waals surface area contributed by atoms with Gasteiger partial charge in [0, 0.05) is 43.7 Å². The minimum Gasteiger partial charge on any atom is -0.383 e. The maximum Gasteiger partial charge on any atom is 0.325 e. The fourth-order valence-corrected chi connectivity index (χ4v) is 5.76. The molecule has 2 amide bonds. The zero-order valence-corrected chi connectivity index (χ0v) is 20.2. The zero-order valence-electron chi connectivity index (χ0n) is 19.4. The number of nitrogens with zero attached hydrogens (tertiary/aromatic N) is 3. The van der Waals surface area contributed by atoms with Crippen LogP contribution in [0.4, 0.5) is 16.2 Å². The zero-order chi connectivity index (χ0) is 23.8. The third-order valence-corrected chi connectivity index (χ3v) is 7.45. The maximum atomic E-state index is 13.2. The summed E-state index contributed by atoms with van der Waals surface area (Å²) >= 11 is 1.46. The average Bonchev–Trinajstić information content (AvgIpc) is 3.55. The lowest BCUT2D eigenvalue weighted by atomic mass is 10.2. The summed E-state index contributed by atoms with van der Waals surface area (Å²) in [7, 11) is 3.30. The second-order valence-corrected chi connectivity index (χ2v) is 9.56. The predicted octanol–water partition coefficient (Wildman–Crippen LogP) is 4.74. The van der Waals surface area contributed by atoms with Crippen molar-refractivity contribution in [2.45, 2.75) is 25.8 Å². The maximum absolute atomic E-state index is 13.2. The van der Waals surface area contributed by atoms with Crippen LogP contribution in [0.15, 0.2) is 42.6 Å². The highest BCUT2D eigenvalue weighted by atomic mass is 32.1. The van der Waals surface area contributed by atoms with Gasteiger partial charge >= 0.3 is 6.03 Å². The average molecular weight is 478 g/mol. The van der Waals surface area contributed by atoms with Crippen LogP contribution < -0.4 is 10.6 Å². The molecular weight excluding hydrogens is 450 g/mol. The summed E-state index contributed by atoms with van der Waals surface area (Å²) in [5.74, 6) is 0.0425. The third kappa shape index (κ3) is 3.91. The molecule has 0 aliphatic carbocycles. The number of amides is 2. The lowest BCUT2D eigenvalue weighted by Crippen LogP contribution is -2.37. The number of methoxy groups -OCH3 is 1. The van der Waals surface area contributed by atoms with Crippen molar-refractivity contribution in [3.8, 4) is 0 Å². The molecule has 176 valence electrons. The van der Waals surface area contributed by atoms with Crippen LogP contribution in [0.25, 0.3) is 21.1 Å². The molecule has 1 fully saturated rings. The first-order chi connectivity index (χ1) is 16.5. The number of aryl methyl sites for hydroxylation is 1. The summed E-state index contributed by atoms with van der Waals surface area (Å²) in [6, 6.07) is 11.7. The molecule has 0 spiro atoms. The number of pyridine rings is 1. The number of likely N-dealkylation sites (tertiary alicyclic amines) is 1. The van der Waals surface area contributed by atoms with E-state index in [9.17, 15) is 9.59 Å². The van der Waals surface area contributed by atoms with Gasteiger partial charge in [-0.05, 0) is 56.2 Å². The van der Waals surface area contributed by atoms with E-state index in [-0.39, 0.29) is 18.0 Å². The largest absolute Gasteiger partial charge is 0.383 e. The summed E-state index contributed by atoms with van der Waals surface area (Å²) < 4.78 is 7.91. The van der Waals surface area contributed by atoms with E-state index in [1.165, 1.54) is 11.3 Å². The van der Waals surface area contributed by atoms with E-state index in [0.717, 1.165) is 57.6 Å². The van der Waals surface area contributed by atoms with Crippen LogP contribution in [0.5, 0.6) is 0 Å². The van der Waals surface area contributed by atoms with Crippen molar-refractivity contribution in [2.75, 3.05) is 32.6 Å². The van der Waals surface area contributed by atoms with Crippen LogP contribution in [0, 0.1) is 6.92 Å². The number of nitrogens with one attached hydrogen (secondary N) is 2. The minimum atomic E-state index is -0.162. The van der Waals surface area contributed by atoms with Crippen LogP contribution in [-0.4, -0.2) is 59.7 Å². The van der Waals surface area contributed by atoms with E-state index >= 15 is 0 Å². The van der Waals surface area contributed by atoms with Gasteiger partial charge in [-0.15, -0.1) is 11.3 Å². The molecular formula is C25H27N5O3S. The van der Waals surface area contributed by atoms with Crippen molar-refractivity contribution >= 4 is 55.8 Å². The number of hydrogen-bond acceptors (Lipinski definition) is 6. The van der Waals surface area contributed by atoms with Crippen molar-refractivity contribution in [1.29, 1.82) is 0 Å². The molecule has 4 heterocycles. The Labute approximate surface area is 201 Å². The van der Waals surface area contributed by atoms with Gasteiger partial charge in [-0.25, -0.2) is 4.79 Å². The van der Waals surface area contributed by atoms with Crippen molar-refractivity contribution in [3.05, 3.63) is 53.2 Å². The number of anilines is 2. The van der Waals surface area contributed by atoms with E-state index in [2.05, 4.69) is 15.6 Å². The molecule has 1 aliphatic heterocycles. The summed E-state index contributed by atoms with van der Waals surface area (Å²) in [5.41, 5.74) is 4.31. The Bertz CT molecular complexity index is 1390. The van der Waals surface area contributed by atoms with Crippen LogP contribution in [-0.2, 0) is 4.74 Å². The number of hydrogen-bond donors (Lipinski definition) is 2. The molecule has 0 saturated carbocycles. The summed E-state index contributed by atoms with van der Waals surface area (Å²) in [4.78, 5) is 32.6. The lowest BCUT2D eigenvalue weighted by molar-refractivity contribution is 0.0635. The van der Waals surface area contributed by atoms with Gasteiger partial charge in [0.25, 0.3) is 5.91 Å². The van der Waals surface area contributed by atoms with Gasteiger partial charge in [0.15, 0.2) is 0 Å². The number of benzene rings is 1. The second kappa shape index (κ2) is 9.08. The Balaban J connectivity index is 1.45. The molecule has 1 aliphatic rings. The molecule has 9 heteroatoms. The summed E-state index contributed by atoms with van der Waals surface area (Å²) in [5, 5.41) is 7.13. The van der Waals surface area contributed by atoms with Gasteiger partial charge < -0.3 is 20.3 Å². The van der Waals surface area contributed by atoms with Gasteiger partial charge in [-0.3, -0.25) is 14.3 Å². The Morgan fingerprint density at radius 2 is 2.09 bits per heavy atom. The quantitative estimate of drug-likeness (QED) is 0.433. The fraction of sp³-hybridized carbons (Fsp3) is 0.320. The van der Waals surface area contributed by atoms with E-state index in [1.54, 1.807) is 24.9 Å². The molecule has 5 rings (SSSR count). The van der Waals surface area contributed by atoms with Gasteiger partial charge in [0.1, 0.15) is 0 Å². The molecule has 1 saturated heterocycles. The van der Waals surface area contributed by atoms with Crippen LogP contribution in [0.2, 0.25) is 0 Å². The van der Waals surface area contributed by atoms with Gasteiger partial charge in [0.05, 0.1) is 38.9 Å². The summed E-state index contributed by atoms with van der Waals surface area (Å²) in [6.07, 6.45) is 3.72. The van der Waals surface area contributed by atoms with Crippen molar-refractivity contribution in [1.82, 2.24) is 19.8 Å². The third-order valence-electron chi connectivity index (χ3n) is 6.30. The Kier molecular flexibility index (Phi) is 5.97. The van der Waals surface area contributed by atoms with E-state index < -0.39 is 0 Å². The first-order valence-electron chi connectivity index (χ1n) is 11.3. The molecule has 2 N–H and O–H groups in total. The number of carbonyl (C=O) groups is 2. The highest BCUT2D eigenvalue weighted by Crippen LogP contribution is 2.35. The van der Waals surface area contributed by atoms with E-state index in [0.29, 0.717) is 11.5 Å². The molecule has 3 aromatic heterocycles. The summed E-state index contributed by atoms with van der Waals surface area (Å²) in [6.45, 7) is 3.23. The number of fused-ring (bicyclic) bond motifs is 2. The highest BCUT2D eigenvalue weighted by molar-refractivity contribution is 7.21. The van der Waals surface area contributed by atoms with Crippen molar-refractivity contribution < 1.29 is 14.3 Å². The van der Waals surface area contributed by atoms with Gasteiger partial charge in [0.2, 0.25) is 0 Å². The van der Waals surface area contributed by atoms with Crippen LogP contribution in [0.3, 0.4) is 0 Å². The Morgan fingerprint density at radius 3 is 2.88 bits per heavy atom.